The Balaban J connectivity index is 2.54. The zero-order valence-electron chi connectivity index (χ0n) is 10.3. The third-order valence-corrected chi connectivity index (χ3v) is 2.74. The summed E-state index contributed by atoms with van der Waals surface area (Å²) in [5.41, 5.74) is 10.6. The fourth-order valence-electron chi connectivity index (χ4n) is 2.02. The number of rotatable bonds is 2. The Morgan fingerprint density at radius 3 is 2.29 bits per heavy atom. The van der Waals surface area contributed by atoms with Crippen LogP contribution in [0.3, 0.4) is 0 Å². The van der Waals surface area contributed by atoms with Crippen LogP contribution in [0.15, 0.2) is 30.5 Å². The van der Waals surface area contributed by atoms with E-state index in [0.717, 1.165) is 33.8 Å². The SMILES string of the molecule is COc1c(C)cc(-c2cc(N)ccn2)cc1C. The molecule has 1 aromatic carbocycles. The first-order valence-corrected chi connectivity index (χ1v) is 5.49. The van der Waals surface area contributed by atoms with Crippen LogP contribution in [0.5, 0.6) is 5.75 Å². The summed E-state index contributed by atoms with van der Waals surface area (Å²) in [5.74, 6) is 0.928. The van der Waals surface area contributed by atoms with Crippen molar-refractivity contribution in [1.82, 2.24) is 4.98 Å². The molecule has 0 unspecified atom stereocenters. The number of benzene rings is 1. The van der Waals surface area contributed by atoms with Crippen molar-refractivity contribution < 1.29 is 4.74 Å². The first-order valence-electron chi connectivity index (χ1n) is 5.49. The van der Waals surface area contributed by atoms with Gasteiger partial charge in [0.15, 0.2) is 0 Å². The van der Waals surface area contributed by atoms with E-state index in [9.17, 15) is 0 Å². The fraction of sp³-hybridized carbons (Fsp3) is 0.214. The molecule has 17 heavy (non-hydrogen) atoms. The Labute approximate surface area is 101 Å². The van der Waals surface area contributed by atoms with E-state index >= 15 is 0 Å². The molecular weight excluding hydrogens is 212 g/mol. The molecule has 2 rings (SSSR count). The monoisotopic (exact) mass is 228 g/mol. The van der Waals surface area contributed by atoms with Crippen LogP contribution >= 0.6 is 0 Å². The lowest BCUT2D eigenvalue weighted by Gasteiger charge is -2.11. The van der Waals surface area contributed by atoms with Gasteiger partial charge in [-0.2, -0.15) is 0 Å². The van der Waals surface area contributed by atoms with E-state index in [1.54, 1.807) is 19.4 Å². The predicted molar refractivity (Wildman–Crippen MR) is 70.1 cm³/mol. The molecule has 88 valence electrons. The highest BCUT2D eigenvalue weighted by Gasteiger charge is 2.07. The van der Waals surface area contributed by atoms with Gasteiger partial charge in [0, 0.05) is 17.4 Å². The molecule has 0 spiro atoms. The predicted octanol–water partition coefficient (Wildman–Crippen LogP) is 2.96. The van der Waals surface area contributed by atoms with Crippen molar-refractivity contribution in [2.24, 2.45) is 0 Å². The van der Waals surface area contributed by atoms with Crippen LogP contribution < -0.4 is 10.5 Å². The van der Waals surface area contributed by atoms with Gasteiger partial charge in [-0.15, -0.1) is 0 Å². The number of ether oxygens (including phenoxy) is 1. The van der Waals surface area contributed by atoms with Gasteiger partial charge in [-0.1, -0.05) is 0 Å². The Hall–Kier alpha value is -2.03. The zero-order chi connectivity index (χ0) is 12.4. The minimum absolute atomic E-state index is 0.723. The first-order chi connectivity index (χ1) is 8.11. The molecule has 1 aromatic heterocycles. The number of anilines is 1. The number of aryl methyl sites for hydroxylation is 2. The van der Waals surface area contributed by atoms with Crippen molar-refractivity contribution in [3.8, 4) is 17.0 Å². The van der Waals surface area contributed by atoms with Crippen molar-refractivity contribution in [2.45, 2.75) is 13.8 Å². The molecule has 0 bridgehead atoms. The molecule has 2 aromatic rings. The van der Waals surface area contributed by atoms with E-state index < -0.39 is 0 Å². The van der Waals surface area contributed by atoms with Gasteiger partial charge < -0.3 is 10.5 Å². The molecule has 3 nitrogen and oxygen atoms in total. The largest absolute Gasteiger partial charge is 0.496 e. The number of pyridine rings is 1. The highest BCUT2D eigenvalue weighted by molar-refractivity contribution is 5.66. The van der Waals surface area contributed by atoms with Gasteiger partial charge in [-0.25, -0.2) is 0 Å². The molecule has 0 fully saturated rings. The van der Waals surface area contributed by atoms with Gasteiger partial charge in [-0.05, 0) is 49.2 Å². The number of methoxy groups -OCH3 is 1. The number of nitrogens with zero attached hydrogens (tertiary/aromatic N) is 1. The number of aromatic nitrogens is 1. The molecule has 3 heteroatoms. The van der Waals surface area contributed by atoms with Gasteiger partial charge in [-0.3, -0.25) is 4.98 Å². The normalized spacial score (nSPS) is 10.3. The van der Waals surface area contributed by atoms with E-state index in [0.29, 0.717) is 0 Å². The number of nitrogen functional groups attached to an aromatic ring is 1. The second-order valence-corrected chi connectivity index (χ2v) is 4.12. The minimum Gasteiger partial charge on any atom is -0.496 e. The van der Waals surface area contributed by atoms with E-state index in [4.69, 9.17) is 10.5 Å². The smallest absolute Gasteiger partial charge is 0.124 e. The molecule has 0 atom stereocenters. The first kappa shape index (κ1) is 11.5. The summed E-state index contributed by atoms with van der Waals surface area (Å²) in [7, 11) is 1.69. The molecule has 1 heterocycles. The maximum absolute atomic E-state index is 5.76. The zero-order valence-corrected chi connectivity index (χ0v) is 10.3. The summed E-state index contributed by atoms with van der Waals surface area (Å²) in [5, 5.41) is 0. The van der Waals surface area contributed by atoms with Crippen molar-refractivity contribution in [3.63, 3.8) is 0 Å². The second-order valence-electron chi connectivity index (χ2n) is 4.12. The highest BCUT2D eigenvalue weighted by Crippen LogP contribution is 2.29. The highest BCUT2D eigenvalue weighted by atomic mass is 16.5. The minimum atomic E-state index is 0.723. The lowest BCUT2D eigenvalue weighted by atomic mass is 10.0. The van der Waals surface area contributed by atoms with Crippen LogP contribution in [-0.4, -0.2) is 12.1 Å². The molecule has 2 N–H and O–H groups in total. The summed E-state index contributed by atoms with van der Waals surface area (Å²) >= 11 is 0. The lowest BCUT2D eigenvalue weighted by Crippen LogP contribution is -1.94. The van der Waals surface area contributed by atoms with E-state index in [1.807, 2.05) is 19.9 Å². The molecular formula is C14H16N2O. The number of hydrogen-bond donors (Lipinski definition) is 1. The summed E-state index contributed by atoms with van der Waals surface area (Å²) < 4.78 is 5.35. The topological polar surface area (TPSA) is 48.1 Å². The average Bonchev–Trinajstić information content (AvgIpc) is 2.28. The van der Waals surface area contributed by atoms with Gasteiger partial charge in [0.1, 0.15) is 5.75 Å². The maximum Gasteiger partial charge on any atom is 0.124 e. The third kappa shape index (κ3) is 2.23. The molecule has 0 saturated heterocycles. The van der Waals surface area contributed by atoms with Crippen LogP contribution in [0, 0.1) is 13.8 Å². The molecule has 0 saturated carbocycles. The summed E-state index contributed by atoms with van der Waals surface area (Å²) in [6, 6.07) is 7.79. The second kappa shape index (κ2) is 4.45. The van der Waals surface area contributed by atoms with Crippen LogP contribution in [-0.2, 0) is 0 Å². The van der Waals surface area contributed by atoms with E-state index in [2.05, 4.69) is 17.1 Å². The van der Waals surface area contributed by atoms with Crippen LogP contribution in [0.1, 0.15) is 11.1 Å². The number of hydrogen-bond acceptors (Lipinski definition) is 3. The van der Waals surface area contributed by atoms with Crippen molar-refractivity contribution in [1.29, 1.82) is 0 Å². The summed E-state index contributed by atoms with van der Waals surface area (Å²) in [6.07, 6.45) is 1.72. The average molecular weight is 228 g/mol. The quantitative estimate of drug-likeness (QED) is 0.859. The van der Waals surface area contributed by atoms with Crippen LogP contribution in [0.25, 0.3) is 11.3 Å². The Kier molecular flexibility index (Phi) is 3.00. The summed E-state index contributed by atoms with van der Waals surface area (Å²) in [4.78, 5) is 4.33. The Bertz CT molecular complexity index is 527. The fourth-order valence-corrected chi connectivity index (χ4v) is 2.02. The standard InChI is InChI=1S/C14H16N2O/c1-9-6-11(7-10(2)14(9)17-3)13-8-12(15)4-5-16-13/h4-8H,1-3H3,(H2,15,16). The number of nitrogens with two attached hydrogens (primary N) is 1. The third-order valence-electron chi connectivity index (χ3n) is 2.74. The lowest BCUT2D eigenvalue weighted by molar-refractivity contribution is 0.408. The van der Waals surface area contributed by atoms with Crippen LogP contribution in [0.2, 0.25) is 0 Å². The van der Waals surface area contributed by atoms with Gasteiger partial charge in [0.05, 0.1) is 12.8 Å². The summed E-state index contributed by atoms with van der Waals surface area (Å²) in [6.45, 7) is 4.06. The maximum atomic E-state index is 5.76. The van der Waals surface area contributed by atoms with Crippen LogP contribution in [0.4, 0.5) is 5.69 Å². The Morgan fingerprint density at radius 2 is 1.76 bits per heavy atom. The van der Waals surface area contributed by atoms with Crippen molar-refractivity contribution in [2.75, 3.05) is 12.8 Å². The van der Waals surface area contributed by atoms with Gasteiger partial charge >= 0.3 is 0 Å². The van der Waals surface area contributed by atoms with Gasteiger partial charge in [0.25, 0.3) is 0 Å². The van der Waals surface area contributed by atoms with Crippen molar-refractivity contribution in [3.05, 3.63) is 41.6 Å². The molecule has 0 amide bonds. The molecule has 0 aliphatic rings. The van der Waals surface area contributed by atoms with E-state index in [1.165, 1.54) is 0 Å². The molecule has 0 radical (unpaired) electrons. The van der Waals surface area contributed by atoms with E-state index in [-0.39, 0.29) is 0 Å². The molecule has 0 aliphatic heterocycles. The molecule has 0 aliphatic carbocycles. The Morgan fingerprint density at radius 1 is 1.12 bits per heavy atom. The van der Waals surface area contributed by atoms with Crippen molar-refractivity contribution >= 4 is 5.69 Å². The van der Waals surface area contributed by atoms with Gasteiger partial charge in [0.2, 0.25) is 0 Å².